The van der Waals surface area contributed by atoms with Crippen molar-refractivity contribution < 1.29 is 14.3 Å². The van der Waals surface area contributed by atoms with E-state index in [1.165, 1.54) is 5.56 Å². The van der Waals surface area contributed by atoms with Crippen LogP contribution in [0.15, 0.2) is 78.9 Å². The second-order valence-corrected chi connectivity index (χ2v) is 7.32. The number of carbonyl (C=O) groups is 2. The molecule has 152 valence electrons. The van der Waals surface area contributed by atoms with E-state index in [0.717, 1.165) is 30.5 Å². The molecule has 0 heterocycles. The van der Waals surface area contributed by atoms with Crippen LogP contribution in [0, 0.1) is 0 Å². The first-order chi connectivity index (χ1) is 14.7. The Morgan fingerprint density at radius 1 is 0.900 bits per heavy atom. The van der Waals surface area contributed by atoms with Crippen LogP contribution in [0.4, 0.5) is 11.4 Å². The second kappa shape index (κ2) is 9.27. The number of hydrogen-bond acceptors (Lipinski definition) is 4. The van der Waals surface area contributed by atoms with Crippen LogP contribution in [-0.4, -0.2) is 18.5 Å². The van der Waals surface area contributed by atoms with Crippen LogP contribution in [0.5, 0.6) is 0 Å². The molecule has 2 N–H and O–H groups in total. The lowest BCUT2D eigenvalue weighted by Crippen LogP contribution is -2.34. The molecule has 0 aliphatic heterocycles. The van der Waals surface area contributed by atoms with Gasteiger partial charge < -0.3 is 15.4 Å². The number of rotatable bonds is 6. The van der Waals surface area contributed by atoms with Crippen LogP contribution in [0.2, 0.25) is 0 Å². The molecule has 1 aliphatic carbocycles. The minimum absolute atomic E-state index is 0.0341. The molecule has 3 aromatic rings. The van der Waals surface area contributed by atoms with E-state index in [2.05, 4.69) is 22.8 Å². The molecule has 1 amide bonds. The topological polar surface area (TPSA) is 67.4 Å². The first-order valence-corrected chi connectivity index (χ1v) is 10.2. The number of aryl methyl sites for hydroxylation is 1. The molecule has 30 heavy (non-hydrogen) atoms. The fraction of sp³-hybridized carbons (Fsp3) is 0.200. The Morgan fingerprint density at radius 3 is 2.50 bits per heavy atom. The highest BCUT2D eigenvalue weighted by Gasteiger charge is 2.22. The van der Waals surface area contributed by atoms with E-state index in [0.29, 0.717) is 11.3 Å². The van der Waals surface area contributed by atoms with Gasteiger partial charge in [0.05, 0.1) is 17.3 Å². The first kappa shape index (κ1) is 19.7. The van der Waals surface area contributed by atoms with E-state index in [9.17, 15) is 9.59 Å². The Morgan fingerprint density at radius 2 is 1.63 bits per heavy atom. The molecule has 0 saturated heterocycles. The summed E-state index contributed by atoms with van der Waals surface area (Å²) in [5, 5.41) is 6.22. The summed E-state index contributed by atoms with van der Waals surface area (Å²) in [6.07, 6.45) is 2.95. The maximum absolute atomic E-state index is 12.6. The fourth-order valence-electron chi connectivity index (χ4n) is 3.80. The molecule has 3 aromatic carbocycles. The number of para-hydroxylation sites is 2. The monoisotopic (exact) mass is 400 g/mol. The number of fused-ring (bicyclic) bond motifs is 1. The smallest absolute Gasteiger partial charge is 0.340 e. The van der Waals surface area contributed by atoms with Crippen molar-refractivity contribution in [3.8, 4) is 0 Å². The van der Waals surface area contributed by atoms with Gasteiger partial charge in [-0.2, -0.15) is 0 Å². The third-order valence-corrected chi connectivity index (χ3v) is 5.24. The number of amides is 1. The zero-order valence-corrected chi connectivity index (χ0v) is 16.6. The number of benzene rings is 3. The maximum atomic E-state index is 12.6. The molecule has 5 nitrogen and oxygen atoms in total. The van der Waals surface area contributed by atoms with Gasteiger partial charge in [-0.25, -0.2) is 4.79 Å². The van der Waals surface area contributed by atoms with Crippen molar-refractivity contribution in [2.75, 3.05) is 11.9 Å². The third-order valence-electron chi connectivity index (χ3n) is 5.24. The Kier molecular flexibility index (Phi) is 6.09. The molecule has 0 radical (unpaired) electrons. The van der Waals surface area contributed by atoms with Gasteiger partial charge in [0.2, 0.25) is 0 Å². The Balaban J connectivity index is 1.37. The molecule has 0 bridgehead atoms. The van der Waals surface area contributed by atoms with Crippen LogP contribution < -0.4 is 10.6 Å². The molecule has 0 aromatic heterocycles. The summed E-state index contributed by atoms with van der Waals surface area (Å²) in [6, 6.07) is 24.8. The molecular weight excluding hydrogens is 376 g/mol. The average Bonchev–Trinajstić information content (AvgIpc) is 2.79. The van der Waals surface area contributed by atoms with E-state index in [1.54, 1.807) is 12.1 Å². The molecular formula is C25H24N2O3. The van der Waals surface area contributed by atoms with Crippen molar-refractivity contribution in [2.45, 2.75) is 25.3 Å². The number of nitrogens with one attached hydrogen (secondary N) is 2. The standard InChI is InChI=1S/C25H24N2O3/c28-24(27-22-16-8-10-18-9-4-5-13-20(18)22)17-30-25(29)21-14-6-7-15-23(21)26-19-11-2-1-3-12-19/h1-7,9,11-15,22,26H,8,10,16-17H2,(H,27,28)/t22-/m0/s1. The van der Waals surface area contributed by atoms with E-state index in [-0.39, 0.29) is 18.6 Å². The number of carbonyl (C=O) groups excluding carboxylic acids is 2. The number of esters is 1. The second-order valence-electron chi connectivity index (χ2n) is 7.32. The minimum atomic E-state index is -0.534. The zero-order chi connectivity index (χ0) is 20.8. The molecule has 0 spiro atoms. The third kappa shape index (κ3) is 4.69. The van der Waals surface area contributed by atoms with Crippen molar-refractivity contribution in [1.29, 1.82) is 0 Å². The summed E-state index contributed by atoms with van der Waals surface area (Å²) >= 11 is 0. The summed E-state index contributed by atoms with van der Waals surface area (Å²) in [5.41, 5.74) is 4.31. The van der Waals surface area contributed by atoms with Gasteiger partial charge in [-0.15, -0.1) is 0 Å². The minimum Gasteiger partial charge on any atom is -0.452 e. The summed E-state index contributed by atoms with van der Waals surface area (Å²) in [4.78, 5) is 25.0. The largest absolute Gasteiger partial charge is 0.452 e. The van der Waals surface area contributed by atoms with Gasteiger partial charge in [-0.05, 0) is 54.7 Å². The van der Waals surface area contributed by atoms with E-state index in [1.807, 2.05) is 54.6 Å². The lowest BCUT2D eigenvalue weighted by Gasteiger charge is -2.26. The van der Waals surface area contributed by atoms with Gasteiger partial charge in [0.25, 0.3) is 5.91 Å². The molecule has 1 atom stereocenters. The van der Waals surface area contributed by atoms with Crippen LogP contribution in [0.3, 0.4) is 0 Å². The summed E-state index contributed by atoms with van der Waals surface area (Å²) < 4.78 is 5.31. The van der Waals surface area contributed by atoms with Gasteiger partial charge in [-0.3, -0.25) is 4.79 Å². The molecule has 1 aliphatic rings. The summed E-state index contributed by atoms with van der Waals surface area (Å²) in [5.74, 6) is -0.827. The van der Waals surface area contributed by atoms with Gasteiger partial charge in [0.1, 0.15) is 0 Å². The van der Waals surface area contributed by atoms with Crippen molar-refractivity contribution in [1.82, 2.24) is 5.32 Å². The Labute approximate surface area is 176 Å². The van der Waals surface area contributed by atoms with Crippen LogP contribution in [0.1, 0.15) is 40.4 Å². The highest BCUT2D eigenvalue weighted by Crippen LogP contribution is 2.29. The average molecular weight is 400 g/mol. The highest BCUT2D eigenvalue weighted by atomic mass is 16.5. The van der Waals surface area contributed by atoms with Crippen LogP contribution >= 0.6 is 0 Å². The van der Waals surface area contributed by atoms with Crippen LogP contribution in [0.25, 0.3) is 0 Å². The van der Waals surface area contributed by atoms with Gasteiger partial charge in [-0.1, -0.05) is 54.6 Å². The van der Waals surface area contributed by atoms with E-state index >= 15 is 0 Å². The van der Waals surface area contributed by atoms with Crippen molar-refractivity contribution >= 4 is 23.3 Å². The Bertz CT molecular complexity index is 1030. The predicted octanol–water partition coefficient (Wildman–Crippen LogP) is 4.78. The predicted molar refractivity (Wildman–Crippen MR) is 117 cm³/mol. The van der Waals surface area contributed by atoms with E-state index in [4.69, 9.17) is 4.74 Å². The maximum Gasteiger partial charge on any atom is 0.340 e. The van der Waals surface area contributed by atoms with Crippen molar-refractivity contribution in [3.63, 3.8) is 0 Å². The first-order valence-electron chi connectivity index (χ1n) is 10.2. The summed E-state index contributed by atoms with van der Waals surface area (Å²) in [7, 11) is 0. The summed E-state index contributed by atoms with van der Waals surface area (Å²) in [6.45, 7) is -0.308. The van der Waals surface area contributed by atoms with Gasteiger partial charge in [0.15, 0.2) is 6.61 Å². The number of hydrogen-bond donors (Lipinski definition) is 2. The number of anilines is 2. The molecule has 0 fully saturated rings. The van der Waals surface area contributed by atoms with E-state index < -0.39 is 5.97 Å². The van der Waals surface area contributed by atoms with Crippen molar-refractivity contribution in [3.05, 3.63) is 95.6 Å². The van der Waals surface area contributed by atoms with Gasteiger partial charge >= 0.3 is 5.97 Å². The van der Waals surface area contributed by atoms with Crippen molar-refractivity contribution in [2.24, 2.45) is 0 Å². The number of ether oxygens (including phenoxy) is 1. The lowest BCUT2D eigenvalue weighted by molar-refractivity contribution is -0.125. The van der Waals surface area contributed by atoms with Crippen LogP contribution in [-0.2, 0) is 16.0 Å². The quantitative estimate of drug-likeness (QED) is 0.585. The molecule has 4 rings (SSSR count). The highest BCUT2D eigenvalue weighted by molar-refractivity contribution is 5.97. The molecule has 5 heteroatoms. The zero-order valence-electron chi connectivity index (χ0n) is 16.6. The lowest BCUT2D eigenvalue weighted by atomic mass is 9.88. The molecule has 0 saturated carbocycles. The SMILES string of the molecule is O=C(COC(=O)c1ccccc1Nc1ccccc1)N[C@H]1CCCc2ccccc21. The van der Waals surface area contributed by atoms with Gasteiger partial charge in [0, 0.05) is 5.69 Å². The Hall–Kier alpha value is -3.60. The molecule has 0 unspecified atom stereocenters. The fourth-order valence-corrected chi connectivity index (χ4v) is 3.80. The normalized spacial score (nSPS) is 15.0.